The fourth-order valence-electron chi connectivity index (χ4n) is 2.50. The maximum Gasteiger partial charge on any atom is 0.275 e. The Hall–Kier alpha value is -2.51. The molecule has 0 saturated carbocycles. The Kier molecular flexibility index (Phi) is 3.87. The molecule has 1 aromatic carbocycles. The number of rotatable bonds is 4. The maximum atomic E-state index is 12.4. The Balaban J connectivity index is 1.55. The van der Waals surface area contributed by atoms with E-state index in [-0.39, 0.29) is 12.1 Å². The third-order valence-corrected chi connectivity index (χ3v) is 4.89. The van der Waals surface area contributed by atoms with Crippen molar-refractivity contribution in [1.82, 2.24) is 19.7 Å². The number of para-hydroxylation sites is 1. The highest BCUT2D eigenvalue weighted by Gasteiger charge is 2.28. The van der Waals surface area contributed by atoms with Crippen molar-refractivity contribution in [1.29, 1.82) is 0 Å². The predicted molar refractivity (Wildman–Crippen MR) is 91.1 cm³/mol. The van der Waals surface area contributed by atoms with Gasteiger partial charge in [-0.25, -0.2) is 9.67 Å². The van der Waals surface area contributed by atoms with E-state index in [1.165, 1.54) is 11.3 Å². The van der Waals surface area contributed by atoms with Gasteiger partial charge in [-0.3, -0.25) is 4.79 Å². The van der Waals surface area contributed by atoms with E-state index in [4.69, 9.17) is 4.74 Å². The van der Waals surface area contributed by atoms with E-state index in [1.807, 2.05) is 36.5 Å². The van der Waals surface area contributed by atoms with Crippen LogP contribution in [0.4, 0.5) is 0 Å². The molecular weight excluding hydrogens is 324 g/mol. The maximum absolute atomic E-state index is 12.4. The molecule has 2 aromatic heterocycles. The molecule has 0 radical (unpaired) electrons. The van der Waals surface area contributed by atoms with Gasteiger partial charge in [-0.2, -0.15) is 5.10 Å². The predicted octanol–water partition coefficient (Wildman–Crippen LogP) is 2.81. The molecule has 7 heteroatoms. The molecule has 4 rings (SSSR count). The van der Waals surface area contributed by atoms with Crippen molar-refractivity contribution >= 4 is 17.2 Å². The summed E-state index contributed by atoms with van der Waals surface area (Å²) >= 11 is 1.44. The molecule has 1 aliphatic rings. The number of thiazole rings is 1. The van der Waals surface area contributed by atoms with Crippen LogP contribution >= 0.6 is 11.3 Å². The van der Waals surface area contributed by atoms with Crippen LogP contribution < -0.4 is 0 Å². The fraction of sp³-hybridized carbons (Fsp3) is 0.235. The van der Waals surface area contributed by atoms with Crippen molar-refractivity contribution in [2.24, 2.45) is 0 Å². The first kappa shape index (κ1) is 15.0. The highest BCUT2D eigenvalue weighted by molar-refractivity contribution is 7.13. The van der Waals surface area contributed by atoms with Gasteiger partial charge in [0.15, 0.2) is 0 Å². The standard InChI is InChI=1S/C17H16N4O2S/c1-20(15-7-8-23-15)17(22)14-11-24-16(19-14)12-9-18-21(10-12)13-5-3-2-4-6-13/h2-6,9-11,15H,7-8H2,1H3. The zero-order chi connectivity index (χ0) is 16.5. The third kappa shape index (κ3) is 2.72. The van der Waals surface area contributed by atoms with Gasteiger partial charge in [-0.15, -0.1) is 11.3 Å². The summed E-state index contributed by atoms with van der Waals surface area (Å²) in [6.45, 7) is 0.712. The summed E-state index contributed by atoms with van der Waals surface area (Å²) in [7, 11) is 1.75. The van der Waals surface area contributed by atoms with Gasteiger partial charge in [0, 0.05) is 30.6 Å². The Morgan fingerprint density at radius 3 is 2.88 bits per heavy atom. The van der Waals surface area contributed by atoms with Crippen molar-refractivity contribution in [2.75, 3.05) is 13.7 Å². The molecular formula is C17H16N4O2S. The van der Waals surface area contributed by atoms with Crippen molar-refractivity contribution in [3.8, 4) is 16.3 Å². The first-order valence-corrected chi connectivity index (χ1v) is 8.55. The molecule has 1 saturated heterocycles. The Morgan fingerprint density at radius 1 is 1.38 bits per heavy atom. The lowest BCUT2D eigenvalue weighted by atomic mass is 10.2. The summed E-state index contributed by atoms with van der Waals surface area (Å²) in [4.78, 5) is 18.5. The van der Waals surface area contributed by atoms with E-state index < -0.39 is 0 Å². The van der Waals surface area contributed by atoms with Gasteiger partial charge in [0.1, 0.15) is 16.9 Å². The lowest BCUT2D eigenvalue weighted by Crippen LogP contribution is -2.45. The zero-order valence-corrected chi connectivity index (χ0v) is 13.9. The second kappa shape index (κ2) is 6.18. The second-order valence-corrected chi connectivity index (χ2v) is 6.44. The van der Waals surface area contributed by atoms with Crippen LogP contribution in [-0.4, -0.2) is 45.5 Å². The lowest BCUT2D eigenvalue weighted by Gasteiger charge is -2.34. The van der Waals surface area contributed by atoms with E-state index in [0.29, 0.717) is 12.3 Å². The molecule has 122 valence electrons. The normalized spacial score (nSPS) is 16.6. The highest BCUT2D eigenvalue weighted by atomic mass is 32.1. The summed E-state index contributed by atoms with van der Waals surface area (Å²) in [5, 5.41) is 6.94. The molecule has 0 aliphatic carbocycles. The minimum Gasteiger partial charge on any atom is -0.358 e. The SMILES string of the molecule is CN(C(=O)c1csc(-c2cnn(-c3ccccc3)c2)n1)C1CCO1. The molecule has 0 bridgehead atoms. The number of nitrogens with zero attached hydrogens (tertiary/aromatic N) is 4. The molecule has 1 unspecified atom stereocenters. The third-order valence-electron chi connectivity index (χ3n) is 4.00. The number of ether oxygens (including phenoxy) is 1. The molecule has 0 spiro atoms. The molecule has 24 heavy (non-hydrogen) atoms. The van der Waals surface area contributed by atoms with Crippen LogP contribution in [-0.2, 0) is 4.74 Å². The summed E-state index contributed by atoms with van der Waals surface area (Å²) < 4.78 is 7.14. The van der Waals surface area contributed by atoms with Gasteiger partial charge in [0.2, 0.25) is 0 Å². The zero-order valence-electron chi connectivity index (χ0n) is 13.1. The number of aromatic nitrogens is 3. The van der Waals surface area contributed by atoms with Crippen molar-refractivity contribution in [3.63, 3.8) is 0 Å². The van der Waals surface area contributed by atoms with Crippen LogP contribution in [0.2, 0.25) is 0 Å². The van der Waals surface area contributed by atoms with Crippen molar-refractivity contribution < 1.29 is 9.53 Å². The fourth-order valence-corrected chi connectivity index (χ4v) is 3.27. The Morgan fingerprint density at radius 2 is 2.17 bits per heavy atom. The smallest absolute Gasteiger partial charge is 0.275 e. The minimum atomic E-state index is -0.122. The summed E-state index contributed by atoms with van der Waals surface area (Å²) in [6, 6.07) is 9.88. The summed E-state index contributed by atoms with van der Waals surface area (Å²) in [6.07, 6.45) is 4.44. The van der Waals surface area contributed by atoms with Crippen LogP contribution in [0, 0.1) is 0 Å². The number of hydrogen-bond donors (Lipinski definition) is 0. The number of benzene rings is 1. The van der Waals surface area contributed by atoms with Gasteiger partial charge in [0.05, 0.1) is 18.5 Å². The van der Waals surface area contributed by atoms with Crippen LogP contribution in [0.1, 0.15) is 16.9 Å². The van der Waals surface area contributed by atoms with Crippen LogP contribution in [0.15, 0.2) is 48.1 Å². The van der Waals surface area contributed by atoms with Gasteiger partial charge < -0.3 is 9.64 Å². The molecule has 6 nitrogen and oxygen atoms in total. The van der Waals surface area contributed by atoms with E-state index >= 15 is 0 Å². The van der Waals surface area contributed by atoms with Crippen LogP contribution in [0.25, 0.3) is 16.3 Å². The largest absolute Gasteiger partial charge is 0.358 e. The number of carbonyl (C=O) groups excluding carboxylic acids is 1. The highest BCUT2D eigenvalue weighted by Crippen LogP contribution is 2.25. The van der Waals surface area contributed by atoms with Crippen LogP contribution in [0.5, 0.6) is 0 Å². The number of carbonyl (C=O) groups is 1. The molecule has 0 N–H and O–H groups in total. The van der Waals surface area contributed by atoms with Crippen LogP contribution in [0.3, 0.4) is 0 Å². The van der Waals surface area contributed by atoms with Crippen molar-refractivity contribution in [3.05, 3.63) is 53.8 Å². The van der Waals surface area contributed by atoms with Crippen molar-refractivity contribution in [2.45, 2.75) is 12.6 Å². The molecule has 3 aromatic rings. The van der Waals surface area contributed by atoms with E-state index in [0.717, 1.165) is 22.7 Å². The monoisotopic (exact) mass is 340 g/mol. The molecule has 1 aliphatic heterocycles. The second-order valence-electron chi connectivity index (χ2n) is 5.58. The number of amides is 1. The van der Waals surface area contributed by atoms with Gasteiger partial charge in [-0.05, 0) is 12.1 Å². The minimum absolute atomic E-state index is 0.113. The first-order chi connectivity index (χ1) is 11.7. The first-order valence-electron chi connectivity index (χ1n) is 7.67. The summed E-state index contributed by atoms with van der Waals surface area (Å²) in [5.74, 6) is -0.113. The molecule has 3 heterocycles. The Labute approximate surface area is 143 Å². The average molecular weight is 340 g/mol. The van der Waals surface area contributed by atoms with E-state index in [9.17, 15) is 4.79 Å². The quantitative estimate of drug-likeness (QED) is 0.733. The van der Waals surface area contributed by atoms with Gasteiger partial charge >= 0.3 is 0 Å². The number of hydrogen-bond acceptors (Lipinski definition) is 5. The summed E-state index contributed by atoms with van der Waals surface area (Å²) in [5.41, 5.74) is 2.32. The molecule has 1 atom stereocenters. The molecule has 1 amide bonds. The van der Waals surface area contributed by atoms with E-state index in [2.05, 4.69) is 10.1 Å². The Bertz CT molecular complexity index is 854. The topological polar surface area (TPSA) is 60.2 Å². The molecule has 1 fully saturated rings. The van der Waals surface area contributed by atoms with Gasteiger partial charge in [-0.1, -0.05) is 18.2 Å². The average Bonchev–Trinajstić information content (AvgIpc) is 3.22. The lowest BCUT2D eigenvalue weighted by molar-refractivity contribution is -0.120. The van der Waals surface area contributed by atoms with Gasteiger partial charge in [0.25, 0.3) is 5.91 Å². The van der Waals surface area contributed by atoms with E-state index in [1.54, 1.807) is 28.2 Å².